The van der Waals surface area contributed by atoms with Gasteiger partial charge in [0, 0.05) is 11.8 Å². The molecule has 4 nitrogen and oxygen atoms in total. The molecule has 0 bridgehead atoms. The fourth-order valence-electron chi connectivity index (χ4n) is 1.67. The second-order valence-electron chi connectivity index (χ2n) is 4.85. The number of thioether (sulfide) groups is 1. The Labute approximate surface area is 113 Å². The maximum atomic E-state index is 5.87. The Balaban J connectivity index is 1.95. The number of nitrogens with one attached hydrogen (secondary N) is 1. The van der Waals surface area contributed by atoms with Gasteiger partial charge in [-0.15, -0.1) is 0 Å². The number of nitrogens with two attached hydrogens (primary N) is 1. The number of hydrogen-bond acceptors (Lipinski definition) is 5. The van der Waals surface area contributed by atoms with Crippen LogP contribution in [-0.2, 0) is 0 Å². The Morgan fingerprint density at radius 3 is 3.00 bits per heavy atom. The van der Waals surface area contributed by atoms with Crippen LogP contribution in [-0.4, -0.2) is 29.6 Å². The van der Waals surface area contributed by atoms with Crippen LogP contribution in [0.3, 0.4) is 0 Å². The molecule has 1 atom stereocenters. The zero-order chi connectivity index (χ0) is 13.0. The predicted octanol–water partition coefficient (Wildman–Crippen LogP) is 2.62. The molecule has 2 rings (SSSR count). The van der Waals surface area contributed by atoms with Crippen LogP contribution in [0.1, 0.15) is 19.8 Å². The van der Waals surface area contributed by atoms with Crippen molar-refractivity contribution >= 4 is 23.3 Å². The Bertz CT molecular complexity index is 396. The molecule has 0 aromatic carbocycles. The predicted molar refractivity (Wildman–Crippen MR) is 78.3 cm³/mol. The fourth-order valence-corrected chi connectivity index (χ4v) is 2.26. The van der Waals surface area contributed by atoms with Crippen molar-refractivity contribution in [2.75, 3.05) is 29.7 Å². The first-order chi connectivity index (χ1) is 8.69. The van der Waals surface area contributed by atoms with E-state index in [-0.39, 0.29) is 0 Å². The van der Waals surface area contributed by atoms with Crippen LogP contribution in [0.5, 0.6) is 5.88 Å². The maximum Gasteiger partial charge on any atom is 0.239 e. The van der Waals surface area contributed by atoms with Gasteiger partial charge in [0.25, 0.3) is 0 Å². The van der Waals surface area contributed by atoms with Crippen molar-refractivity contribution in [3.63, 3.8) is 0 Å². The molecular formula is C13H21N3OS. The quantitative estimate of drug-likeness (QED) is 0.795. The van der Waals surface area contributed by atoms with Crippen LogP contribution in [0, 0.1) is 5.92 Å². The van der Waals surface area contributed by atoms with Crippen molar-refractivity contribution in [1.82, 2.24) is 4.98 Å². The van der Waals surface area contributed by atoms with Crippen LogP contribution < -0.4 is 15.8 Å². The molecule has 0 spiro atoms. The molecule has 1 aliphatic rings. The van der Waals surface area contributed by atoms with E-state index >= 15 is 0 Å². The lowest BCUT2D eigenvalue weighted by Gasteiger charge is -2.15. The van der Waals surface area contributed by atoms with Gasteiger partial charge in [-0.05, 0) is 44.1 Å². The lowest BCUT2D eigenvalue weighted by molar-refractivity contribution is 0.290. The summed E-state index contributed by atoms with van der Waals surface area (Å²) >= 11 is 1.81. The third-order valence-corrected chi connectivity index (χ3v) is 3.69. The summed E-state index contributed by atoms with van der Waals surface area (Å²) in [6, 6.07) is 4.13. The van der Waals surface area contributed by atoms with Gasteiger partial charge in [-0.3, -0.25) is 0 Å². The number of ether oxygens (including phenoxy) is 1. The van der Waals surface area contributed by atoms with E-state index in [1.165, 1.54) is 12.8 Å². The van der Waals surface area contributed by atoms with E-state index in [1.807, 2.05) is 23.9 Å². The minimum absolute atomic E-state index is 0.382. The van der Waals surface area contributed by atoms with Gasteiger partial charge in [-0.25, -0.2) is 0 Å². The van der Waals surface area contributed by atoms with E-state index in [0.29, 0.717) is 23.5 Å². The molecule has 18 heavy (non-hydrogen) atoms. The maximum absolute atomic E-state index is 5.87. The number of pyridine rings is 1. The molecule has 100 valence electrons. The first kappa shape index (κ1) is 13.3. The van der Waals surface area contributed by atoms with Crippen LogP contribution in [0.2, 0.25) is 0 Å². The molecule has 1 aromatic rings. The number of rotatable bonds is 7. The van der Waals surface area contributed by atoms with Crippen LogP contribution in [0.25, 0.3) is 0 Å². The number of anilines is 2. The summed E-state index contributed by atoms with van der Waals surface area (Å²) in [6.45, 7) is 2.88. The highest BCUT2D eigenvalue weighted by molar-refractivity contribution is 7.98. The Morgan fingerprint density at radius 2 is 2.33 bits per heavy atom. The van der Waals surface area contributed by atoms with Gasteiger partial charge in [-0.2, -0.15) is 16.7 Å². The van der Waals surface area contributed by atoms with E-state index in [1.54, 1.807) is 0 Å². The highest BCUT2D eigenvalue weighted by Crippen LogP contribution is 2.30. The van der Waals surface area contributed by atoms with Gasteiger partial charge in [-0.1, -0.05) is 0 Å². The SMILES string of the molecule is CSCC(C)Nc1ccc(N)c(OCC2CC2)n1. The molecule has 1 aliphatic carbocycles. The highest BCUT2D eigenvalue weighted by Gasteiger charge is 2.22. The summed E-state index contributed by atoms with van der Waals surface area (Å²) < 4.78 is 5.66. The summed E-state index contributed by atoms with van der Waals surface area (Å²) in [6.07, 6.45) is 4.63. The third-order valence-electron chi connectivity index (χ3n) is 2.85. The van der Waals surface area contributed by atoms with Crippen LogP contribution >= 0.6 is 11.8 Å². The Hall–Kier alpha value is -1.10. The van der Waals surface area contributed by atoms with Crippen LogP contribution in [0.4, 0.5) is 11.5 Å². The van der Waals surface area contributed by atoms with Gasteiger partial charge in [0.2, 0.25) is 5.88 Å². The number of hydrogen-bond donors (Lipinski definition) is 2. The van der Waals surface area contributed by atoms with E-state index in [2.05, 4.69) is 23.5 Å². The molecule has 1 fully saturated rings. The van der Waals surface area contributed by atoms with Gasteiger partial charge < -0.3 is 15.8 Å². The van der Waals surface area contributed by atoms with Crippen molar-refractivity contribution in [3.05, 3.63) is 12.1 Å². The lowest BCUT2D eigenvalue weighted by Crippen LogP contribution is -2.18. The van der Waals surface area contributed by atoms with E-state index in [4.69, 9.17) is 10.5 Å². The number of nitrogen functional groups attached to an aromatic ring is 1. The molecule has 0 amide bonds. The minimum Gasteiger partial charge on any atom is -0.476 e. The minimum atomic E-state index is 0.382. The zero-order valence-electron chi connectivity index (χ0n) is 11.0. The number of aromatic nitrogens is 1. The third kappa shape index (κ3) is 3.98. The lowest BCUT2D eigenvalue weighted by atomic mass is 10.3. The van der Waals surface area contributed by atoms with Gasteiger partial charge in [0.05, 0.1) is 12.3 Å². The Kier molecular flexibility index (Phi) is 4.58. The molecule has 0 aliphatic heterocycles. The van der Waals surface area contributed by atoms with Gasteiger partial charge >= 0.3 is 0 Å². The molecule has 0 saturated heterocycles. The van der Waals surface area contributed by atoms with Crippen molar-refractivity contribution < 1.29 is 4.74 Å². The molecule has 1 aromatic heterocycles. The fraction of sp³-hybridized carbons (Fsp3) is 0.615. The first-order valence-electron chi connectivity index (χ1n) is 6.34. The van der Waals surface area contributed by atoms with E-state index in [9.17, 15) is 0 Å². The smallest absolute Gasteiger partial charge is 0.239 e. The van der Waals surface area contributed by atoms with E-state index in [0.717, 1.165) is 18.2 Å². The molecule has 3 N–H and O–H groups in total. The second-order valence-corrected chi connectivity index (χ2v) is 5.76. The summed E-state index contributed by atoms with van der Waals surface area (Å²) in [5, 5.41) is 3.35. The largest absolute Gasteiger partial charge is 0.476 e. The average Bonchev–Trinajstić information content (AvgIpc) is 3.14. The van der Waals surface area contributed by atoms with Crippen molar-refractivity contribution in [2.24, 2.45) is 5.92 Å². The normalized spacial score (nSPS) is 16.3. The van der Waals surface area contributed by atoms with Crippen molar-refractivity contribution in [2.45, 2.75) is 25.8 Å². The van der Waals surface area contributed by atoms with Gasteiger partial charge in [0.15, 0.2) is 0 Å². The summed E-state index contributed by atoms with van der Waals surface area (Å²) in [5.41, 5.74) is 6.48. The molecule has 0 radical (unpaired) electrons. The molecular weight excluding hydrogens is 246 g/mol. The summed E-state index contributed by atoms with van der Waals surface area (Å²) in [7, 11) is 0. The molecule has 1 heterocycles. The summed E-state index contributed by atoms with van der Waals surface area (Å²) in [5.74, 6) is 3.14. The summed E-state index contributed by atoms with van der Waals surface area (Å²) in [4.78, 5) is 4.43. The average molecular weight is 267 g/mol. The topological polar surface area (TPSA) is 60.2 Å². The second kappa shape index (κ2) is 6.18. The van der Waals surface area contributed by atoms with Crippen molar-refractivity contribution in [1.29, 1.82) is 0 Å². The first-order valence-corrected chi connectivity index (χ1v) is 7.73. The standard InChI is InChI=1S/C13H21N3OS/c1-9(8-18-2)15-12-6-5-11(14)13(16-12)17-7-10-3-4-10/h5-6,9-10H,3-4,7-8,14H2,1-2H3,(H,15,16). The van der Waals surface area contributed by atoms with Crippen LogP contribution in [0.15, 0.2) is 12.1 Å². The highest BCUT2D eigenvalue weighted by atomic mass is 32.2. The van der Waals surface area contributed by atoms with Gasteiger partial charge in [0.1, 0.15) is 5.82 Å². The monoisotopic (exact) mass is 267 g/mol. The molecule has 1 unspecified atom stereocenters. The number of nitrogens with zero attached hydrogens (tertiary/aromatic N) is 1. The molecule has 1 saturated carbocycles. The Morgan fingerprint density at radius 1 is 1.56 bits per heavy atom. The van der Waals surface area contributed by atoms with Crippen molar-refractivity contribution in [3.8, 4) is 5.88 Å². The van der Waals surface area contributed by atoms with E-state index < -0.39 is 0 Å². The molecule has 5 heteroatoms. The zero-order valence-corrected chi connectivity index (χ0v) is 11.8.